The molecule has 0 aliphatic carbocycles. The first kappa shape index (κ1) is 27.9. The quantitative estimate of drug-likeness (QED) is 0.158. The van der Waals surface area contributed by atoms with E-state index in [2.05, 4.69) is 146 Å². The molecule has 6 aromatic rings. The minimum Gasteiger partial charge on any atom is -0.399 e. The lowest BCUT2D eigenvalue weighted by molar-refractivity contribution is 0.00578. The Morgan fingerprint density at radius 1 is 0.442 bits per heavy atom. The Morgan fingerprint density at radius 2 is 0.860 bits per heavy atom. The van der Waals surface area contributed by atoms with Crippen LogP contribution >= 0.6 is 0 Å². The average molecular weight is 563 g/mol. The van der Waals surface area contributed by atoms with Gasteiger partial charge in [0.2, 0.25) is 0 Å². The fourth-order valence-corrected chi connectivity index (χ4v) is 7.04. The van der Waals surface area contributed by atoms with Gasteiger partial charge in [-0.25, -0.2) is 0 Å². The summed E-state index contributed by atoms with van der Waals surface area (Å²) in [5.74, 6) is 0. The molecule has 7 rings (SSSR count). The fourth-order valence-electron chi connectivity index (χ4n) is 7.04. The van der Waals surface area contributed by atoms with Crippen molar-refractivity contribution >= 4 is 44.9 Å². The number of aryl methyl sites for hydroxylation is 4. The molecule has 1 aliphatic rings. The molecule has 0 N–H and O–H groups in total. The van der Waals surface area contributed by atoms with E-state index >= 15 is 0 Å². The summed E-state index contributed by atoms with van der Waals surface area (Å²) < 4.78 is 13.1. The van der Waals surface area contributed by atoms with Gasteiger partial charge in [-0.3, -0.25) is 0 Å². The van der Waals surface area contributed by atoms with Crippen LogP contribution in [0, 0.1) is 27.7 Å². The number of hydrogen-bond donors (Lipinski definition) is 0. The molecule has 214 valence electrons. The van der Waals surface area contributed by atoms with Crippen LogP contribution in [0.4, 0.5) is 0 Å². The van der Waals surface area contributed by atoms with Crippen molar-refractivity contribution in [1.29, 1.82) is 0 Å². The zero-order valence-corrected chi connectivity index (χ0v) is 26.6. The zero-order chi connectivity index (χ0) is 30.3. The van der Waals surface area contributed by atoms with E-state index < -0.39 is 18.3 Å². The molecule has 0 spiro atoms. The molecule has 1 heterocycles. The van der Waals surface area contributed by atoms with Gasteiger partial charge in [0.25, 0.3) is 0 Å². The average Bonchev–Trinajstić information content (AvgIpc) is 3.19. The third-order valence-corrected chi connectivity index (χ3v) is 10.0. The van der Waals surface area contributed by atoms with E-state index in [0.717, 1.165) is 5.46 Å². The van der Waals surface area contributed by atoms with Crippen molar-refractivity contribution in [3.8, 4) is 22.3 Å². The molecule has 2 nitrogen and oxygen atoms in total. The predicted molar refractivity (Wildman–Crippen MR) is 184 cm³/mol. The van der Waals surface area contributed by atoms with Crippen LogP contribution in [0.2, 0.25) is 0 Å². The summed E-state index contributed by atoms with van der Waals surface area (Å²) in [4.78, 5) is 0. The van der Waals surface area contributed by atoms with Crippen LogP contribution in [-0.4, -0.2) is 18.3 Å². The van der Waals surface area contributed by atoms with E-state index in [1.807, 2.05) is 0 Å². The first-order valence-electron chi connectivity index (χ1n) is 15.4. The summed E-state index contributed by atoms with van der Waals surface area (Å²) in [6, 6.07) is 33.7. The van der Waals surface area contributed by atoms with Crippen molar-refractivity contribution in [1.82, 2.24) is 0 Å². The number of rotatable bonds is 3. The maximum Gasteiger partial charge on any atom is 0.494 e. The van der Waals surface area contributed by atoms with Gasteiger partial charge in [0, 0.05) is 0 Å². The highest BCUT2D eigenvalue weighted by atomic mass is 16.7. The topological polar surface area (TPSA) is 18.5 Å². The lowest BCUT2D eigenvalue weighted by Gasteiger charge is -2.32. The molecular formula is C40H39BO2. The first-order chi connectivity index (χ1) is 20.5. The number of hydrogen-bond acceptors (Lipinski definition) is 2. The highest BCUT2D eigenvalue weighted by Crippen LogP contribution is 2.44. The molecule has 0 radical (unpaired) electrons. The van der Waals surface area contributed by atoms with E-state index in [1.165, 1.54) is 76.8 Å². The molecule has 1 fully saturated rings. The van der Waals surface area contributed by atoms with Crippen molar-refractivity contribution < 1.29 is 9.31 Å². The molecule has 0 unspecified atom stereocenters. The molecule has 0 aromatic heterocycles. The van der Waals surface area contributed by atoms with Crippen LogP contribution in [0.3, 0.4) is 0 Å². The third kappa shape index (κ3) is 4.32. The van der Waals surface area contributed by atoms with Gasteiger partial charge < -0.3 is 9.31 Å². The van der Waals surface area contributed by atoms with Crippen molar-refractivity contribution in [3.63, 3.8) is 0 Å². The van der Waals surface area contributed by atoms with Crippen LogP contribution in [0.1, 0.15) is 49.9 Å². The molecule has 0 bridgehead atoms. The Hall–Kier alpha value is -3.92. The maximum absolute atomic E-state index is 6.54. The highest BCUT2D eigenvalue weighted by Gasteiger charge is 2.51. The molecule has 3 heteroatoms. The standard InChI is InChI=1S/C40H39BO2/c1-24-13-11-14-25(2)37(24)35-23-34-32-21-28(41-42-39(5,6)40(7,8)43-41)19-20-31(32)36(38-26(3)15-12-16-27(38)4)22-33(34)29-17-9-10-18-30(29)35/h9-23H,1-8H3. The van der Waals surface area contributed by atoms with Gasteiger partial charge >= 0.3 is 7.12 Å². The van der Waals surface area contributed by atoms with E-state index in [4.69, 9.17) is 9.31 Å². The van der Waals surface area contributed by atoms with E-state index in [-0.39, 0.29) is 0 Å². The van der Waals surface area contributed by atoms with E-state index in [1.54, 1.807) is 0 Å². The minimum absolute atomic E-state index is 0.402. The largest absolute Gasteiger partial charge is 0.494 e. The lowest BCUT2D eigenvalue weighted by Crippen LogP contribution is -2.41. The van der Waals surface area contributed by atoms with Gasteiger partial charge in [-0.05, 0) is 150 Å². The van der Waals surface area contributed by atoms with Crippen LogP contribution in [0.15, 0.2) is 91.0 Å². The first-order valence-corrected chi connectivity index (χ1v) is 15.4. The van der Waals surface area contributed by atoms with E-state index in [0.29, 0.717) is 0 Å². The summed E-state index contributed by atoms with van der Waals surface area (Å²) >= 11 is 0. The fraction of sp³-hybridized carbons (Fsp3) is 0.250. The molecular weight excluding hydrogens is 523 g/mol. The summed E-state index contributed by atoms with van der Waals surface area (Å²) in [7, 11) is -0.424. The highest BCUT2D eigenvalue weighted by molar-refractivity contribution is 6.62. The second kappa shape index (κ2) is 9.81. The van der Waals surface area contributed by atoms with Crippen molar-refractivity contribution in [2.75, 3.05) is 0 Å². The van der Waals surface area contributed by atoms with Crippen LogP contribution in [0.25, 0.3) is 54.6 Å². The normalized spacial score (nSPS) is 16.0. The van der Waals surface area contributed by atoms with Gasteiger partial charge in [0.05, 0.1) is 11.2 Å². The predicted octanol–water partition coefficient (Wildman–Crippen LogP) is 10.0. The molecule has 43 heavy (non-hydrogen) atoms. The maximum atomic E-state index is 6.54. The molecule has 1 aliphatic heterocycles. The minimum atomic E-state index is -0.424. The zero-order valence-electron chi connectivity index (χ0n) is 26.6. The van der Waals surface area contributed by atoms with Crippen LogP contribution in [-0.2, 0) is 9.31 Å². The Bertz CT molecular complexity index is 2030. The Morgan fingerprint density at radius 3 is 1.37 bits per heavy atom. The number of fused-ring (bicyclic) bond motifs is 5. The van der Waals surface area contributed by atoms with Gasteiger partial charge in [-0.2, -0.15) is 0 Å². The molecule has 6 aromatic carbocycles. The van der Waals surface area contributed by atoms with Crippen molar-refractivity contribution in [2.24, 2.45) is 0 Å². The summed E-state index contributed by atoms with van der Waals surface area (Å²) in [5, 5.41) is 7.53. The third-order valence-electron chi connectivity index (χ3n) is 10.0. The van der Waals surface area contributed by atoms with Gasteiger partial charge in [0.1, 0.15) is 0 Å². The van der Waals surface area contributed by atoms with Gasteiger partial charge in [0.15, 0.2) is 0 Å². The summed E-state index contributed by atoms with van der Waals surface area (Å²) in [6.07, 6.45) is 0. The van der Waals surface area contributed by atoms with E-state index in [9.17, 15) is 0 Å². The lowest BCUT2D eigenvalue weighted by atomic mass is 9.76. The molecule has 0 amide bonds. The Labute approximate surface area is 255 Å². The van der Waals surface area contributed by atoms with Crippen LogP contribution < -0.4 is 5.46 Å². The molecule has 0 atom stereocenters. The monoisotopic (exact) mass is 562 g/mol. The SMILES string of the molecule is Cc1cccc(C)c1-c1cc2c3cc(B4OC(C)(C)C(C)(C)O4)ccc3c(-c3c(C)cccc3C)cc2c2ccccc12. The number of benzene rings is 6. The summed E-state index contributed by atoms with van der Waals surface area (Å²) in [6.45, 7) is 17.4. The van der Waals surface area contributed by atoms with Gasteiger partial charge in [-0.1, -0.05) is 78.9 Å². The molecule has 0 saturated carbocycles. The summed E-state index contributed by atoms with van der Waals surface area (Å²) in [5.41, 5.74) is 10.6. The second-order valence-electron chi connectivity index (χ2n) is 13.4. The Balaban J connectivity index is 1.62. The molecule has 1 saturated heterocycles. The van der Waals surface area contributed by atoms with Crippen LogP contribution in [0.5, 0.6) is 0 Å². The second-order valence-corrected chi connectivity index (χ2v) is 13.4. The smallest absolute Gasteiger partial charge is 0.399 e. The Kier molecular flexibility index (Phi) is 6.36. The van der Waals surface area contributed by atoms with Crippen molar-refractivity contribution in [2.45, 2.75) is 66.6 Å². The van der Waals surface area contributed by atoms with Gasteiger partial charge in [-0.15, -0.1) is 0 Å². The van der Waals surface area contributed by atoms with Crippen molar-refractivity contribution in [3.05, 3.63) is 113 Å².